The average molecular weight is 373 g/mol. The Kier molecular flexibility index (Phi) is 7.96. The SMILES string of the molecule is CN=C(NCc1ccccc1CN1CCOCC1)NCC1CCCCC1C. The van der Waals surface area contributed by atoms with Gasteiger partial charge >= 0.3 is 0 Å². The van der Waals surface area contributed by atoms with Crippen molar-refractivity contribution in [3.05, 3.63) is 35.4 Å². The lowest BCUT2D eigenvalue weighted by Gasteiger charge is -2.29. The molecule has 2 unspecified atom stereocenters. The van der Waals surface area contributed by atoms with Gasteiger partial charge in [-0.3, -0.25) is 9.89 Å². The van der Waals surface area contributed by atoms with Gasteiger partial charge < -0.3 is 15.4 Å². The molecule has 27 heavy (non-hydrogen) atoms. The van der Waals surface area contributed by atoms with E-state index in [1.807, 2.05) is 7.05 Å². The molecule has 3 rings (SSSR count). The first kappa shape index (κ1) is 20.2. The van der Waals surface area contributed by atoms with Crippen LogP contribution < -0.4 is 10.6 Å². The maximum Gasteiger partial charge on any atom is 0.191 e. The number of aliphatic imine (C=N–C) groups is 1. The van der Waals surface area contributed by atoms with Crippen LogP contribution in [-0.2, 0) is 17.8 Å². The fourth-order valence-corrected chi connectivity index (χ4v) is 4.21. The van der Waals surface area contributed by atoms with Crippen molar-refractivity contribution in [1.82, 2.24) is 15.5 Å². The number of hydrogen-bond acceptors (Lipinski definition) is 3. The van der Waals surface area contributed by atoms with Gasteiger partial charge in [-0.15, -0.1) is 0 Å². The Morgan fingerprint density at radius 3 is 2.59 bits per heavy atom. The third kappa shape index (κ3) is 6.22. The van der Waals surface area contributed by atoms with Gasteiger partial charge in [0.2, 0.25) is 0 Å². The molecule has 1 heterocycles. The molecule has 1 aliphatic heterocycles. The number of benzene rings is 1. The Hall–Kier alpha value is -1.59. The maximum atomic E-state index is 5.47. The Morgan fingerprint density at radius 2 is 1.85 bits per heavy atom. The highest BCUT2D eigenvalue weighted by molar-refractivity contribution is 5.79. The Morgan fingerprint density at radius 1 is 1.11 bits per heavy atom. The van der Waals surface area contributed by atoms with E-state index in [9.17, 15) is 0 Å². The van der Waals surface area contributed by atoms with E-state index in [0.29, 0.717) is 0 Å². The van der Waals surface area contributed by atoms with E-state index in [-0.39, 0.29) is 0 Å². The lowest BCUT2D eigenvalue weighted by molar-refractivity contribution is 0.0341. The first-order valence-corrected chi connectivity index (χ1v) is 10.6. The van der Waals surface area contributed by atoms with Crippen LogP contribution in [0.15, 0.2) is 29.3 Å². The number of guanidine groups is 1. The maximum absolute atomic E-state index is 5.47. The van der Waals surface area contributed by atoms with E-state index in [1.165, 1.54) is 36.8 Å². The second kappa shape index (κ2) is 10.7. The molecule has 0 aromatic heterocycles. The van der Waals surface area contributed by atoms with E-state index in [4.69, 9.17) is 4.74 Å². The molecule has 2 atom stereocenters. The second-order valence-corrected chi connectivity index (χ2v) is 7.99. The number of morpholine rings is 1. The number of rotatable bonds is 6. The minimum Gasteiger partial charge on any atom is -0.379 e. The van der Waals surface area contributed by atoms with Gasteiger partial charge in [0.25, 0.3) is 0 Å². The summed E-state index contributed by atoms with van der Waals surface area (Å²) in [6.07, 6.45) is 5.48. The van der Waals surface area contributed by atoms with E-state index < -0.39 is 0 Å². The molecule has 2 aliphatic rings. The van der Waals surface area contributed by atoms with Crippen LogP contribution in [-0.4, -0.2) is 50.8 Å². The lowest BCUT2D eigenvalue weighted by atomic mass is 9.80. The minimum absolute atomic E-state index is 0.769. The summed E-state index contributed by atoms with van der Waals surface area (Å²) in [6.45, 7) is 8.94. The van der Waals surface area contributed by atoms with E-state index in [1.54, 1.807) is 0 Å². The van der Waals surface area contributed by atoms with Crippen LogP contribution in [0.3, 0.4) is 0 Å². The van der Waals surface area contributed by atoms with Gasteiger partial charge in [-0.05, 0) is 29.4 Å². The number of nitrogens with zero attached hydrogens (tertiary/aromatic N) is 2. The molecule has 1 aromatic rings. The zero-order valence-corrected chi connectivity index (χ0v) is 17.0. The third-order valence-corrected chi connectivity index (χ3v) is 6.11. The largest absolute Gasteiger partial charge is 0.379 e. The van der Waals surface area contributed by atoms with E-state index >= 15 is 0 Å². The molecule has 0 amide bonds. The molecule has 0 radical (unpaired) electrons. The van der Waals surface area contributed by atoms with Crippen molar-refractivity contribution in [1.29, 1.82) is 0 Å². The Labute approximate surface area is 164 Å². The molecule has 5 nitrogen and oxygen atoms in total. The zero-order chi connectivity index (χ0) is 18.9. The van der Waals surface area contributed by atoms with Crippen molar-refractivity contribution in [3.63, 3.8) is 0 Å². The van der Waals surface area contributed by atoms with Gasteiger partial charge in [-0.2, -0.15) is 0 Å². The molecule has 1 saturated heterocycles. The monoisotopic (exact) mass is 372 g/mol. The second-order valence-electron chi connectivity index (χ2n) is 7.99. The molecular weight excluding hydrogens is 336 g/mol. The summed E-state index contributed by atoms with van der Waals surface area (Å²) in [5, 5.41) is 7.07. The van der Waals surface area contributed by atoms with Gasteiger partial charge in [0, 0.05) is 39.8 Å². The van der Waals surface area contributed by atoms with Gasteiger partial charge in [-0.1, -0.05) is 50.5 Å². The highest BCUT2D eigenvalue weighted by atomic mass is 16.5. The van der Waals surface area contributed by atoms with Crippen molar-refractivity contribution in [2.75, 3.05) is 39.9 Å². The van der Waals surface area contributed by atoms with E-state index in [2.05, 4.69) is 51.7 Å². The number of ether oxygens (including phenoxy) is 1. The lowest BCUT2D eigenvalue weighted by Crippen LogP contribution is -2.41. The van der Waals surface area contributed by atoms with Crippen LogP contribution in [0.25, 0.3) is 0 Å². The fourth-order valence-electron chi connectivity index (χ4n) is 4.21. The van der Waals surface area contributed by atoms with Crippen molar-refractivity contribution in [2.45, 2.75) is 45.7 Å². The number of nitrogens with one attached hydrogen (secondary N) is 2. The molecule has 2 N–H and O–H groups in total. The van der Waals surface area contributed by atoms with Crippen molar-refractivity contribution < 1.29 is 4.74 Å². The van der Waals surface area contributed by atoms with Gasteiger partial charge in [0.15, 0.2) is 5.96 Å². The molecule has 0 spiro atoms. The molecule has 150 valence electrons. The molecule has 1 aromatic carbocycles. The first-order chi connectivity index (χ1) is 13.3. The summed E-state index contributed by atoms with van der Waals surface area (Å²) in [7, 11) is 1.86. The van der Waals surface area contributed by atoms with Gasteiger partial charge in [0.05, 0.1) is 13.2 Å². The smallest absolute Gasteiger partial charge is 0.191 e. The summed E-state index contributed by atoms with van der Waals surface area (Å²) in [5.41, 5.74) is 2.74. The molecule has 1 aliphatic carbocycles. The molecule has 1 saturated carbocycles. The van der Waals surface area contributed by atoms with Crippen LogP contribution in [0.4, 0.5) is 0 Å². The third-order valence-electron chi connectivity index (χ3n) is 6.11. The van der Waals surface area contributed by atoms with Crippen LogP contribution >= 0.6 is 0 Å². The molecule has 2 fully saturated rings. The predicted octanol–water partition coefficient (Wildman–Crippen LogP) is 3.01. The highest BCUT2D eigenvalue weighted by Crippen LogP contribution is 2.28. The Bertz CT molecular complexity index is 598. The predicted molar refractivity (Wildman–Crippen MR) is 112 cm³/mol. The standard InChI is InChI=1S/C22H36N4O/c1-18-7-3-4-8-19(18)15-24-22(23-2)25-16-20-9-5-6-10-21(20)17-26-11-13-27-14-12-26/h5-6,9-10,18-19H,3-4,7-8,11-17H2,1-2H3,(H2,23,24,25). The van der Waals surface area contributed by atoms with Crippen molar-refractivity contribution >= 4 is 5.96 Å². The number of hydrogen-bond donors (Lipinski definition) is 2. The van der Waals surface area contributed by atoms with Crippen LogP contribution in [0.5, 0.6) is 0 Å². The average Bonchev–Trinajstić information content (AvgIpc) is 2.71. The minimum atomic E-state index is 0.769. The fraction of sp³-hybridized carbons (Fsp3) is 0.682. The first-order valence-electron chi connectivity index (χ1n) is 10.6. The van der Waals surface area contributed by atoms with Crippen LogP contribution in [0, 0.1) is 11.8 Å². The van der Waals surface area contributed by atoms with Crippen LogP contribution in [0.1, 0.15) is 43.7 Å². The summed E-state index contributed by atoms with van der Waals surface area (Å²) >= 11 is 0. The topological polar surface area (TPSA) is 48.9 Å². The summed E-state index contributed by atoms with van der Waals surface area (Å²) in [4.78, 5) is 6.90. The normalized spacial score (nSPS) is 24.6. The molecule has 5 heteroatoms. The van der Waals surface area contributed by atoms with Crippen LogP contribution in [0.2, 0.25) is 0 Å². The van der Waals surface area contributed by atoms with Gasteiger partial charge in [-0.25, -0.2) is 0 Å². The van der Waals surface area contributed by atoms with Crippen molar-refractivity contribution in [2.24, 2.45) is 16.8 Å². The van der Waals surface area contributed by atoms with Crippen molar-refractivity contribution in [3.8, 4) is 0 Å². The quantitative estimate of drug-likeness (QED) is 0.595. The molecule has 0 bridgehead atoms. The highest BCUT2D eigenvalue weighted by Gasteiger charge is 2.21. The van der Waals surface area contributed by atoms with E-state index in [0.717, 1.165) is 63.7 Å². The molecular formula is C22H36N4O. The summed E-state index contributed by atoms with van der Waals surface area (Å²) < 4.78 is 5.47. The summed E-state index contributed by atoms with van der Waals surface area (Å²) in [6, 6.07) is 8.72. The summed E-state index contributed by atoms with van der Waals surface area (Å²) in [5.74, 6) is 2.50. The zero-order valence-electron chi connectivity index (χ0n) is 17.0. The van der Waals surface area contributed by atoms with Gasteiger partial charge in [0.1, 0.15) is 0 Å². The Balaban J connectivity index is 1.50.